The lowest BCUT2D eigenvalue weighted by molar-refractivity contribution is 0.194. The second kappa shape index (κ2) is 8.61. The van der Waals surface area contributed by atoms with E-state index >= 15 is 0 Å². The monoisotopic (exact) mass is 353 g/mol. The summed E-state index contributed by atoms with van der Waals surface area (Å²) in [5, 5.41) is 3.03. The van der Waals surface area contributed by atoms with E-state index in [1.54, 1.807) is 7.11 Å². The summed E-state index contributed by atoms with van der Waals surface area (Å²) in [5.74, 6) is 0.886. The molecule has 0 atom stereocenters. The average molecular weight is 353 g/mol. The number of piperazine rings is 1. The van der Waals surface area contributed by atoms with Crippen LogP contribution in [0, 0.1) is 6.92 Å². The lowest BCUT2D eigenvalue weighted by Gasteiger charge is -2.36. The number of carbonyl (C=O) groups is 1. The van der Waals surface area contributed by atoms with Gasteiger partial charge in [0.05, 0.1) is 12.8 Å². The molecule has 3 rings (SSSR count). The molecule has 0 aromatic heterocycles. The summed E-state index contributed by atoms with van der Waals surface area (Å²) in [6, 6.07) is 16.5. The van der Waals surface area contributed by atoms with Crippen LogP contribution in [0.1, 0.15) is 11.1 Å². The molecule has 1 fully saturated rings. The van der Waals surface area contributed by atoms with Crippen molar-refractivity contribution in [3.8, 4) is 5.75 Å². The highest BCUT2D eigenvalue weighted by molar-refractivity contribution is 5.74. The fraction of sp³-hybridized carbons (Fsp3) is 0.381. The molecule has 138 valence electrons. The maximum atomic E-state index is 12.4. The number of hydrogen-bond acceptors (Lipinski definition) is 3. The summed E-state index contributed by atoms with van der Waals surface area (Å²) in [6.45, 7) is 5.80. The molecule has 1 N–H and O–H groups in total. The van der Waals surface area contributed by atoms with Gasteiger partial charge in [-0.05, 0) is 36.6 Å². The number of nitrogens with zero attached hydrogens (tertiary/aromatic N) is 2. The van der Waals surface area contributed by atoms with Gasteiger partial charge in [0, 0.05) is 32.7 Å². The van der Waals surface area contributed by atoms with Crippen molar-refractivity contribution in [1.29, 1.82) is 0 Å². The summed E-state index contributed by atoms with van der Waals surface area (Å²) in [4.78, 5) is 16.6. The van der Waals surface area contributed by atoms with Gasteiger partial charge >= 0.3 is 6.03 Å². The van der Waals surface area contributed by atoms with Crippen molar-refractivity contribution < 1.29 is 9.53 Å². The third-order valence-corrected chi connectivity index (χ3v) is 4.77. The highest BCUT2D eigenvalue weighted by Crippen LogP contribution is 2.29. The summed E-state index contributed by atoms with van der Waals surface area (Å²) in [7, 11) is 1.70. The first-order valence-electron chi connectivity index (χ1n) is 9.13. The van der Waals surface area contributed by atoms with Crippen LogP contribution in [0.4, 0.5) is 10.5 Å². The Labute approximate surface area is 155 Å². The fourth-order valence-corrected chi connectivity index (χ4v) is 3.27. The second-order valence-corrected chi connectivity index (χ2v) is 6.62. The zero-order valence-electron chi connectivity index (χ0n) is 15.6. The minimum atomic E-state index is 0.0248. The summed E-state index contributed by atoms with van der Waals surface area (Å²) in [6.07, 6.45) is 0.854. The van der Waals surface area contributed by atoms with Crippen molar-refractivity contribution in [1.82, 2.24) is 10.2 Å². The molecule has 1 aliphatic rings. The predicted octanol–water partition coefficient (Wildman–Crippen LogP) is 3.08. The highest BCUT2D eigenvalue weighted by Gasteiger charge is 2.22. The minimum absolute atomic E-state index is 0.0248. The Bertz CT molecular complexity index is 725. The topological polar surface area (TPSA) is 44.8 Å². The number of anilines is 1. The first-order valence-corrected chi connectivity index (χ1v) is 9.13. The first kappa shape index (κ1) is 18.1. The largest absolute Gasteiger partial charge is 0.495 e. The van der Waals surface area contributed by atoms with Crippen LogP contribution in [-0.2, 0) is 6.42 Å². The smallest absolute Gasteiger partial charge is 0.317 e. The van der Waals surface area contributed by atoms with Crippen molar-refractivity contribution in [2.45, 2.75) is 13.3 Å². The van der Waals surface area contributed by atoms with E-state index in [0.717, 1.165) is 30.9 Å². The Morgan fingerprint density at radius 2 is 1.81 bits per heavy atom. The van der Waals surface area contributed by atoms with Crippen LogP contribution in [0.15, 0.2) is 48.5 Å². The second-order valence-electron chi connectivity index (χ2n) is 6.62. The zero-order valence-corrected chi connectivity index (χ0v) is 15.6. The Kier molecular flexibility index (Phi) is 6.00. The molecule has 0 aliphatic carbocycles. The number of methoxy groups -OCH3 is 1. The predicted molar refractivity (Wildman–Crippen MR) is 105 cm³/mol. The van der Waals surface area contributed by atoms with Crippen LogP contribution in [0.5, 0.6) is 5.75 Å². The van der Waals surface area contributed by atoms with Gasteiger partial charge in [0.25, 0.3) is 0 Å². The Hall–Kier alpha value is -2.69. The average Bonchev–Trinajstić information content (AvgIpc) is 2.69. The molecule has 0 radical (unpaired) electrons. The SMILES string of the molecule is COc1ccc(C)cc1N1CCN(C(=O)NCCc2ccccc2)CC1. The van der Waals surface area contributed by atoms with Crippen LogP contribution in [0.25, 0.3) is 0 Å². The standard InChI is InChI=1S/C21H27N3O2/c1-17-8-9-20(26-2)19(16-17)23-12-14-24(15-13-23)21(25)22-11-10-18-6-4-3-5-7-18/h3-9,16H,10-15H2,1-2H3,(H,22,25). The third-order valence-electron chi connectivity index (χ3n) is 4.77. The summed E-state index contributed by atoms with van der Waals surface area (Å²) < 4.78 is 5.49. The molecule has 2 aromatic carbocycles. The van der Waals surface area contributed by atoms with E-state index in [-0.39, 0.29) is 6.03 Å². The van der Waals surface area contributed by atoms with Gasteiger partial charge in [-0.15, -0.1) is 0 Å². The van der Waals surface area contributed by atoms with Crippen LogP contribution < -0.4 is 15.0 Å². The van der Waals surface area contributed by atoms with Crippen LogP contribution in [-0.4, -0.2) is 50.8 Å². The Balaban J connectivity index is 1.49. The molecule has 1 heterocycles. The first-order chi connectivity index (χ1) is 12.7. The number of urea groups is 1. The van der Waals surface area contributed by atoms with Crippen molar-refractivity contribution in [2.75, 3.05) is 44.7 Å². The van der Waals surface area contributed by atoms with Crippen LogP contribution in [0.3, 0.4) is 0 Å². The zero-order chi connectivity index (χ0) is 18.4. The molecule has 26 heavy (non-hydrogen) atoms. The van der Waals surface area contributed by atoms with Gasteiger partial charge in [-0.25, -0.2) is 4.79 Å². The molecule has 0 spiro atoms. The third kappa shape index (κ3) is 4.48. The van der Waals surface area contributed by atoms with Gasteiger partial charge in [0.1, 0.15) is 5.75 Å². The van der Waals surface area contributed by atoms with Crippen molar-refractivity contribution in [3.63, 3.8) is 0 Å². The number of benzene rings is 2. The Morgan fingerprint density at radius 1 is 1.08 bits per heavy atom. The van der Waals surface area contributed by atoms with Gasteiger partial charge in [0.15, 0.2) is 0 Å². The molecular weight excluding hydrogens is 326 g/mol. The van der Waals surface area contributed by atoms with E-state index in [1.165, 1.54) is 11.1 Å². The van der Waals surface area contributed by atoms with Gasteiger partial charge in [-0.1, -0.05) is 36.4 Å². The number of hydrogen-bond donors (Lipinski definition) is 1. The quantitative estimate of drug-likeness (QED) is 0.898. The molecule has 1 saturated heterocycles. The van der Waals surface area contributed by atoms with E-state index in [2.05, 4.69) is 41.4 Å². The summed E-state index contributed by atoms with van der Waals surface area (Å²) in [5.41, 5.74) is 3.56. The molecular formula is C21H27N3O2. The molecule has 2 amide bonds. The van der Waals surface area contributed by atoms with Crippen molar-refractivity contribution in [2.24, 2.45) is 0 Å². The fourth-order valence-electron chi connectivity index (χ4n) is 3.27. The van der Waals surface area contributed by atoms with E-state index in [0.29, 0.717) is 19.6 Å². The number of ether oxygens (including phenoxy) is 1. The number of nitrogens with one attached hydrogen (secondary N) is 1. The lowest BCUT2D eigenvalue weighted by Crippen LogP contribution is -2.52. The van der Waals surface area contributed by atoms with Gasteiger partial charge in [0.2, 0.25) is 0 Å². The van der Waals surface area contributed by atoms with E-state index in [9.17, 15) is 4.79 Å². The molecule has 0 saturated carbocycles. The van der Waals surface area contributed by atoms with E-state index in [1.807, 2.05) is 29.2 Å². The molecule has 1 aliphatic heterocycles. The maximum Gasteiger partial charge on any atom is 0.317 e. The number of amides is 2. The summed E-state index contributed by atoms with van der Waals surface area (Å²) >= 11 is 0. The van der Waals surface area contributed by atoms with Crippen LogP contribution >= 0.6 is 0 Å². The Morgan fingerprint density at radius 3 is 2.50 bits per heavy atom. The number of aryl methyl sites for hydroxylation is 1. The van der Waals surface area contributed by atoms with Gasteiger partial charge in [-0.2, -0.15) is 0 Å². The molecule has 0 unspecified atom stereocenters. The van der Waals surface area contributed by atoms with E-state index in [4.69, 9.17) is 4.74 Å². The number of rotatable bonds is 5. The normalized spacial score (nSPS) is 14.2. The highest BCUT2D eigenvalue weighted by atomic mass is 16.5. The number of carbonyl (C=O) groups excluding carboxylic acids is 1. The van der Waals surface area contributed by atoms with Crippen molar-refractivity contribution >= 4 is 11.7 Å². The van der Waals surface area contributed by atoms with Gasteiger partial charge < -0.3 is 19.9 Å². The molecule has 0 bridgehead atoms. The van der Waals surface area contributed by atoms with Gasteiger partial charge in [-0.3, -0.25) is 0 Å². The van der Waals surface area contributed by atoms with Crippen LogP contribution in [0.2, 0.25) is 0 Å². The minimum Gasteiger partial charge on any atom is -0.495 e. The lowest BCUT2D eigenvalue weighted by atomic mass is 10.1. The maximum absolute atomic E-state index is 12.4. The molecule has 2 aromatic rings. The van der Waals surface area contributed by atoms with E-state index < -0.39 is 0 Å². The van der Waals surface area contributed by atoms with Crippen molar-refractivity contribution in [3.05, 3.63) is 59.7 Å². The molecule has 5 nitrogen and oxygen atoms in total. The molecule has 5 heteroatoms.